The van der Waals surface area contributed by atoms with Crippen molar-refractivity contribution < 1.29 is 18.0 Å². The Kier molecular flexibility index (Phi) is 6.33. The average molecular weight is 422 g/mol. The lowest BCUT2D eigenvalue weighted by Gasteiger charge is -2.47. The molecule has 2 fully saturated rings. The lowest BCUT2D eigenvalue weighted by molar-refractivity contribution is -0.133. The summed E-state index contributed by atoms with van der Waals surface area (Å²) in [6, 6.07) is 7.60. The van der Waals surface area contributed by atoms with E-state index in [1.807, 2.05) is 31.2 Å². The van der Waals surface area contributed by atoms with Gasteiger partial charge in [-0.1, -0.05) is 38.0 Å². The molecule has 2 amide bonds. The fraction of sp³-hybridized carbons (Fsp3) is 0.619. The zero-order chi connectivity index (χ0) is 21.2. The van der Waals surface area contributed by atoms with Crippen LogP contribution in [0.2, 0.25) is 0 Å². The molecule has 1 heterocycles. The van der Waals surface area contributed by atoms with Gasteiger partial charge in [-0.15, -0.1) is 0 Å². The Bertz CT molecular complexity index is 880. The molecule has 0 bridgehead atoms. The van der Waals surface area contributed by atoms with Gasteiger partial charge in [-0.25, -0.2) is 8.42 Å². The van der Waals surface area contributed by atoms with Crippen molar-refractivity contribution >= 4 is 27.5 Å². The minimum Gasteiger partial charge on any atom is -0.351 e. The summed E-state index contributed by atoms with van der Waals surface area (Å²) in [5.74, 6) is -0.774. The predicted molar refractivity (Wildman–Crippen MR) is 113 cm³/mol. The van der Waals surface area contributed by atoms with Crippen molar-refractivity contribution in [2.24, 2.45) is 0 Å². The van der Waals surface area contributed by atoms with Gasteiger partial charge in [-0.2, -0.15) is 4.31 Å². The largest absolute Gasteiger partial charge is 0.351 e. The van der Waals surface area contributed by atoms with E-state index in [9.17, 15) is 18.0 Å². The number of hydrogen-bond acceptors (Lipinski definition) is 4. The van der Waals surface area contributed by atoms with Gasteiger partial charge in [0.2, 0.25) is 21.8 Å². The van der Waals surface area contributed by atoms with Gasteiger partial charge in [-0.3, -0.25) is 14.5 Å². The summed E-state index contributed by atoms with van der Waals surface area (Å²) in [5.41, 5.74) is 0.316. The summed E-state index contributed by atoms with van der Waals surface area (Å²) in [5, 5.41) is 3.08. The van der Waals surface area contributed by atoms with Gasteiger partial charge in [0.25, 0.3) is 0 Å². The quantitative estimate of drug-likeness (QED) is 0.762. The lowest BCUT2D eigenvalue weighted by atomic mass is 9.92. The zero-order valence-corrected chi connectivity index (χ0v) is 18.3. The average Bonchev–Trinajstić information content (AvgIpc) is 3.20. The number of nitrogens with zero attached hydrogens (tertiary/aromatic N) is 2. The second-order valence-corrected chi connectivity index (χ2v) is 10.4. The van der Waals surface area contributed by atoms with E-state index < -0.39 is 15.6 Å². The molecule has 1 N–H and O–H groups in total. The number of piperazine rings is 1. The normalized spacial score (nSPS) is 24.1. The van der Waals surface area contributed by atoms with Crippen molar-refractivity contribution in [2.75, 3.05) is 23.7 Å². The summed E-state index contributed by atoms with van der Waals surface area (Å²) < 4.78 is 26.3. The fourth-order valence-corrected chi connectivity index (χ4v) is 5.48. The first kappa shape index (κ1) is 21.8. The second-order valence-electron chi connectivity index (χ2n) is 8.11. The van der Waals surface area contributed by atoms with E-state index >= 15 is 0 Å². The molecule has 1 saturated heterocycles. The van der Waals surface area contributed by atoms with Crippen molar-refractivity contribution in [3.05, 3.63) is 29.8 Å². The molecule has 1 atom stereocenters. The highest BCUT2D eigenvalue weighted by molar-refractivity contribution is 7.89. The first-order chi connectivity index (χ1) is 13.7. The van der Waals surface area contributed by atoms with Crippen molar-refractivity contribution in [1.82, 2.24) is 9.62 Å². The van der Waals surface area contributed by atoms with Crippen LogP contribution < -0.4 is 10.2 Å². The van der Waals surface area contributed by atoms with Crippen LogP contribution in [-0.4, -0.2) is 55.0 Å². The van der Waals surface area contributed by atoms with Gasteiger partial charge < -0.3 is 5.32 Å². The summed E-state index contributed by atoms with van der Waals surface area (Å²) in [4.78, 5) is 28.2. The van der Waals surface area contributed by atoms with Crippen molar-refractivity contribution in [3.63, 3.8) is 0 Å². The number of carbonyl (C=O) groups is 2. The predicted octanol–water partition coefficient (Wildman–Crippen LogP) is 2.06. The molecule has 1 aromatic carbocycles. The number of anilines is 1. The molecule has 0 spiro atoms. The molecule has 2 aliphatic rings. The molecule has 1 aliphatic carbocycles. The summed E-state index contributed by atoms with van der Waals surface area (Å²) >= 11 is 0. The Balaban J connectivity index is 2.04. The number of amides is 2. The number of para-hydroxylation sites is 1. The third kappa shape index (κ3) is 4.19. The number of aryl methyl sites for hydroxylation is 1. The van der Waals surface area contributed by atoms with Crippen LogP contribution in [0.3, 0.4) is 0 Å². The molecule has 3 rings (SSSR count). The minimum atomic E-state index is -3.60. The van der Waals surface area contributed by atoms with Gasteiger partial charge in [-0.05, 0) is 44.7 Å². The maximum absolute atomic E-state index is 13.4. The van der Waals surface area contributed by atoms with Crippen LogP contribution in [0.5, 0.6) is 0 Å². The molecular formula is C21H31N3O4S. The number of hydrogen-bond donors (Lipinski definition) is 1. The van der Waals surface area contributed by atoms with E-state index in [1.165, 1.54) is 4.90 Å². The van der Waals surface area contributed by atoms with Gasteiger partial charge >= 0.3 is 0 Å². The van der Waals surface area contributed by atoms with E-state index in [2.05, 4.69) is 5.32 Å². The number of benzene rings is 1. The second kappa shape index (κ2) is 8.44. The molecule has 29 heavy (non-hydrogen) atoms. The van der Waals surface area contributed by atoms with Crippen LogP contribution in [-0.2, 0) is 26.0 Å². The smallest absolute Gasteiger partial charge is 0.247 e. The highest BCUT2D eigenvalue weighted by Gasteiger charge is 2.51. The number of sulfonamides is 1. The van der Waals surface area contributed by atoms with Crippen LogP contribution in [0.25, 0.3) is 0 Å². The SMILES string of the molecule is CCc1ccccc1N1C(=O)CN(S(=O)(=O)CC)CC1(C)C(=O)NC1CCCC1. The van der Waals surface area contributed by atoms with E-state index in [1.54, 1.807) is 13.8 Å². The van der Waals surface area contributed by atoms with E-state index in [4.69, 9.17) is 0 Å². The Morgan fingerprint density at radius 1 is 1.21 bits per heavy atom. The molecule has 8 heteroatoms. The van der Waals surface area contributed by atoms with Gasteiger partial charge in [0.1, 0.15) is 5.54 Å². The fourth-order valence-electron chi connectivity index (χ4n) is 4.36. The molecule has 160 valence electrons. The van der Waals surface area contributed by atoms with Crippen LogP contribution >= 0.6 is 0 Å². The van der Waals surface area contributed by atoms with E-state index in [0.29, 0.717) is 12.1 Å². The topological polar surface area (TPSA) is 86.8 Å². The van der Waals surface area contributed by atoms with Crippen molar-refractivity contribution in [1.29, 1.82) is 0 Å². The minimum absolute atomic E-state index is 0.0501. The van der Waals surface area contributed by atoms with Crippen LogP contribution in [0, 0.1) is 0 Å². The molecule has 0 radical (unpaired) electrons. The monoisotopic (exact) mass is 421 g/mol. The first-order valence-electron chi connectivity index (χ1n) is 10.4. The van der Waals surface area contributed by atoms with E-state index in [0.717, 1.165) is 35.6 Å². The van der Waals surface area contributed by atoms with Crippen LogP contribution in [0.4, 0.5) is 5.69 Å². The van der Waals surface area contributed by atoms with Crippen LogP contribution in [0.1, 0.15) is 52.0 Å². The molecular weight excluding hydrogens is 390 g/mol. The van der Waals surface area contributed by atoms with Gasteiger partial charge in [0, 0.05) is 18.3 Å². The Morgan fingerprint density at radius 3 is 2.48 bits per heavy atom. The maximum atomic E-state index is 13.4. The van der Waals surface area contributed by atoms with Gasteiger partial charge in [0.05, 0.1) is 12.3 Å². The zero-order valence-electron chi connectivity index (χ0n) is 17.5. The number of carbonyl (C=O) groups excluding carboxylic acids is 2. The lowest BCUT2D eigenvalue weighted by Crippen LogP contribution is -2.71. The Hall–Kier alpha value is -1.93. The highest BCUT2D eigenvalue weighted by atomic mass is 32.2. The van der Waals surface area contributed by atoms with Crippen molar-refractivity contribution in [3.8, 4) is 0 Å². The Morgan fingerprint density at radius 2 is 1.86 bits per heavy atom. The third-order valence-corrected chi connectivity index (χ3v) is 7.86. The Labute approximate surface area is 173 Å². The molecule has 1 saturated carbocycles. The highest BCUT2D eigenvalue weighted by Crippen LogP contribution is 2.34. The van der Waals surface area contributed by atoms with Gasteiger partial charge in [0.15, 0.2) is 0 Å². The van der Waals surface area contributed by atoms with Crippen LogP contribution in [0.15, 0.2) is 24.3 Å². The maximum Gasteiger partial charge on any atom is 0.247 e. The number of rotatable bonds is 6. The summed E-state index contributed by atoms with van der Waals surface area (Å²) in [6.07, 6.45) is 4.67. The molecule has 1 aromatic rings. The molecule has 1 unspecified atom stereocenters. The summed E-state index contributed by atoms with van der Waals surface area (Å²) in [7, 11) is -3.60. The standard InChI is InChI=1S/C21H31N3O4S/c1-4-16-10-6-9-13-18(16)24-19(25)14-23(29(27,28)5-2)15-21(24,3)20(26)22-17-11-7-8-12-17/h6,9-10,13,17H,4-5,7-8,11-12,14-15H2,1-3H3,(H,22,26). The number of nitrogens with one attached hydrogen (secondary N) is 1. The third-order valence-electron chi connectivity index (χ3n) is 6.09. The molecule has 1 aliphatic heterocycles. The molecule has 7 nitrogen and oxygen atoms in total. The first-order valence-corrected chi connectivity index (χ1v) is 12.0. The van der Waals surface area contributed by atoms with Crippen molar-refractivity contribution in [2.45, 2.75) is 64.5 Å². The summed E-state index contributed by atoms with van der Waals surface area (Å²) in [6.45, 7) is 4.93. The van der Waals surface area contributed by atoms with E-state index in [-0.39, 0.29) is 36.7 Å². The molecule has 0 aromatic heterocycles.